The molecule has 0 saturated carbocycles. The summed E-state index contributed by atoms with van der Waals surface area (Å²) in [6.07, 6.45) is 0. The number of halogens is 1. The van der Waals surface area contributed by atoms with Crippen LogP contribution in [0.25, 0.3) is 0 Å². The molecule has 0 atom stereocenters. The van der Waals surface area contributed by atoms with Crippen LogP contribution in [-0.2, 0) is 4.74 Å². The van der Waals surface area contributed by atoms with Crippen molar-refractivity contribution in [2.24, 2.45) is 10.7 Å². The Bertz CT molecular complexity index is 430. The molecule has 19 heavy (non-hydrogen) atoms. The lowest BCUT2D eigenvalue weighted by atomic mass is 10.2. The van der Waals surface area contributed by atoms with Gasteiger partial charge in [0.2, 0.25) is 0 Å². The molecule has 5 nitrogen and oxygen atoms in total. The maximum atomic E-state index is 5.88. The number of hydrogen-bond acceptors (Lipinski definition) is 3. The Morgan fingerprint density at radius 1 is 1.26 bits per heavy atom. The summed E-state index contributed by atoms with van der Waals surface area (Å²) in [5.74, 6) is 0.510. The minimum absolute atomic E-state index is 0. The van der Waals surface area contributed by atoms with Gasteiger partial charge in [0.15, 0.2) is 5.96 Å². The first kappa shape index (κ1) is 15.6. The number of rotatable bonds is 2. The minimum Gasteiger partial charge on any atom is -0.378 e. The van der Waals surface area contributed by atoms with E-state index in [1.807, 2.05) is 32.3 Å². The van der Waals surface area contributed by atoms with Crippen molar-refractivity contribution in [3.05, 3.63) is 24.3 Å². The highest BCUT2D eigenvalue weighted by Gasteiger charge is 2.14. The molecule has 2 rings (SSSR count). The van der Waals surface area contributed by atoms with E-state index < -0.39 is 0 Å². The maximum Gasteiger partial charge on any atom is 0.196 e. The molecule has 0 unspecified atom stereocenters. The molecule has 106 valence electrons. The van der Waals surface area contributed by atoms with Crippen molar-refractivity contribution in [2.45, 2.75) is 0 Å². The molecule has 6 heteroatoms. The van der Waals surface area contributed by atoms with Crippen molar-refractivity contribution in [1.82, 2.24) is 4.90 Å². The van der Waals surface area contributed by atoms with E-state index in [1.54, 1.807) is 4.90 Å². The Balaban J connectivity index is 0.00000180. The molecule has 1 fully saturated rings. The van der Waals surface area contributed by atoms with Gasteiger partial charge in [-0.05, 0) is 12.1 Å². The largest absolute Gasteiger partial charge is 0.378 e. The van der Waals surface area contributed by atoms with Crippen LogP contribution in [0.5, 0.6) is 0 Å². The number of benzene rings is 1. The molecule has 1 aromatic carbocycles. The Hall–Kier alpha value is -1.46. The fourth-order valence-corrected chi connectivity index (χ4v) is 1.85. The van der Waals surface area contributed by atoms with Gasteiger partial charge in [-0.1, -0.05) is 12.1 Å². The van der Waals surface area contributed by atoms with Crippen molar-refractivity contribution in [2.75, 3.05) is 45.3 Å². The molecular formula is C13H21ClN4O. The average molecular weight is 285 g/mol. The molecule has 0 aromatic heterocycles. The van der Waals surface area contributed by atoms with E-state index in [9.17, 15) is 0 Å². The second-order valence-electron chi connectivity index (χ2n) is 4.45. The number of aliphatic imine (C=N–C) groups is 1. The van der Waals surface area contributed by atoms with Crippen molar-refractivity contribution in [1.29, 1.82) is 0 Å². The van der Waals surface area contributed by atoms with Gasteiger partial charge in [0.1, 0.15) is 0 Å². The first-order valence-corrected chi connectivity index (χ1v) is 6.11. The van der Waals surface area contributed by atoms with Crippen LogP contribution in [0.1, 0.15) is 0 Å². The molecule has 0 aliphatic carbocycles. The number of nitrogens with zero attached hydrogens (tertiary/aromatic N) is 3. The fraction of sp³-hybridized carbons (Fsp3) is 0.462. The van der Waals surface area contributed by atoms with Crippen molar-refractivity contribution < 1.29 is 4.74 Å². The maximum absolute atomic E-state index is 5.88. The summed E-state index contributed by atoms with van der Waals surface area (Å²) < 4.78 is 5.37. The molecule has 1 aromatic rings. The molecule has 0 bridgehead atoms. The first-order chi connectivity index (χ1) is 8.68. The predicted molar refractivity (Wildman–Crippen MR) is 81.7 cm³/mol. The molecule has 0 radical (unpaired) electrons. The summed E-state index contributed by atoms with van der Waals surface area (Å²) in [5, 5.41) is 0. The van der Waals surface area contributed by atoms with Crippen molar-refractivity contribution in [3.8, 4) is 0 Å². The van der Waals surface area contributed by atoms with E-state index in [2.05, 4.69) is 16.0 Å². The van der Waals surface area contributed by atoms with E-state index in [1.165, 1.54) is 0 Å². The van der Waals surface area contributed by atoms with Crippen LogP contribution in [0.3, 0.4) is 0 Å². The van der Waals surface area contributed by atoms with E-state index >= 15 is 0 Å². The van der Waals surface area contributed by atoms with Gasteiger partial charge in [-0.25, -0.2) is 4.99 Å². The Morgan fingerprint density at radius 2 is 1.89 bits per heavy atom. The Labute approximate surface area is 120 Å². The number of guanidine groups is 1. The van der Waals surface area contributed by atoms with Crippen LogP contribution >= 0.6 is 12.4 Å². The van der Waals surface area contributed by atoms with E-state index in [-0.39, 0.29) is 12.4 Å². The van der Waals surface area contributed by atoms with Crippen LogP contribution in [-0.4, -0.2) is 51.3 Å². The van der Waals surface area contributed by atoms with Gasteiger partial charge in [0, 0.05) is 27.2 Å². The van der Waals surface area contributed by atoms with E-state index in [4.69, 9.17) is 10.5 Å². The summed E-state index contributed by atoms with van der Waals surface area (Å²) in [6.45, 7) is 3.32. The highest BCUT2D eigenvalue weighted by Crippen LogP contribution is 2.28. The van der Waals surface area contributed by atoms with Crippen LogP contribution in [0.15, 0.2) is 29.3 Å². The summed E-state index contributed by atoms with van der Waals surface area (Å²) in [7, 11) is 3.77. The molecule has 1 aliphatic heterocycles. The lowest BCUT2D eigenvalue weighted by Gasteiger charge is -2.29. The summed E-state index contributed by atoms with van der Waals surface area (Å²) in [4.78, 5) is 8.56. The van der Waals surface area contributed by atoms with Gasteiger partial charge in [-0.3, -0.25) is 0 Å². The minimum atomic E-state index is 0. The van der Waals surface area contributed by atoms with Crippen LogP contribution in [0, 0.1) is 0 Å². The molecule has 1 heterocycles. The lowest BCUT2D eigenvalue weighted by Crippen LogP contribution is -2.36. The van der Waals surface area contributed by atoms with Crippen molar-refractivity contribution >= 4 is 29.7 Å². The quantitative estimate of drug-likeness (QED) is 0.660. The van der Waals surface area contributed by atoms with Gasteiger partial charge >= 0.3 is 0 Å². The Kier molecular flexibility index (Phi) is 5.92. The van der Waals surface area contributed by atoms with E-state index in [0.29, 0.717) is 5.96 Å². The van der Waals surface area contributed by atoms with Crippen molar-refractivity contribution in [3.63, 3.8) is 0 Å². The SMILES string of the molecule is CN(C)C(N)=Nc1ccccc1N1CCOCC1.Cl. The highest BCUT2D eigenvalue weighted by atomic mass is 35.5. The topological polar surface area (TPSA) is 54.1 Å². The number of morpholine rings is 1. The normalized spacial score (nSPS) is 15.9. The van der Waals surface area contributed by atoms with Gasteiger partial charge in [0.05, 0.1) is 24.6 Å². The smallest absolute Gasteiger partial charge is 0.196 e. The fourth-order valence-electron chi connectivity index (χ4n) is 1.85. The number of para-hydroxylation sites is 2. The third kappa shape index (κ3) is 4.01. The van der Waals surface area contributed by atoms with E-state index in [0.717, 1.165) is 37.7 Å². The van der Waals surface area contributed by atoms with Gasteiger partial charge < -0.3 is 20.3 Å². The van der Waals surface area contributed by atoms with Crippen LogP contribution in [0.4, 0.5) is 11.4 Å². The third-order valence-corrected chi connectivity index (χ3v) is 2.93. The number of anilines is 1. The summed E-state index contributed by atoms with van der Waals surface area (Å²) in [6, 6.07) is 8.07. The van der Waals surface area contributed by atoms with Crippen LogP contribution in [0.2, 0.25) is 0 Å². The second kappa shape index (κ2) is 7.21. The number of nitrogens with two attached hydrogens (primary N) is 1. The Morgan fingerprint density at radius 3 is 2.53 bits per heavy atom. The first-order valence-electron chi connectivity index (χ1n) is 6.11. The molecular weight excluding hydrogens is 264 g/mol. The second-order valence-corrected chi connectivity index (χ2v) is 4.45. The zero-order valence-corrected chi connectivity index (χ0v) is 12.2. The lowest BCUT2D eigenvalue weighted by molar-refractivity contribution is 0.123. The summed E-state index contributed by atoms with van der Waals surface area (Å²) in [5.41, 5.74) is 7.90. The summed E-state index contributed by atoms with van der Waals surface area (Å²) >= 11 is 0. The molecule has 1 saturated heterocycles. The molecule has 0 amide bonds. The highest BCUT2D eigenvalue weighted by molar-refractivity contribution is 5.85. The standard InChI is InChI=1S/C13H20N4O.ClH/c1-16(2)13(14)15-11-5-3-4-6-12(11)17-7-9-18-10-8-17;/h3-6H,7-10H2,1-2H3,(H2,14,15);1H. The predicted octanol–water partition coefficient (Wildman–Crippen LogP) is 1.45. The molecule has 1 aliphatic rings. The third-order valence-electron chi connectivity index (χ3n) is 2.93. The zero-order valence-electron chi connectivity index (χ0n) is 11.4. The molecule has 0 spiro atoms. The van der Waals surface area contributed by atoms with Gasteiger partial charge in [-0.2, -0.15) is 0 Å². The zero-order chi connectivity index (χ0) is 13.0. The van der Waals surface area contributed by atoms with Gasteiger partial charge in [0.25, 0.3) is 0 Å². The monoisotopic (exact) mass is 284 g/mol. The van der Waals surface area contributed by atoms with Gasteiger partial charge in [-0.15, -0.1) is 12.4 Å². The molecule has 2 N–H and O–H groups in total. The average Bonchev–Trinajstić information content (AvgIpc) is 2.40. The number of ether oxygens (including phenoxy) is 1. The number of hydrogen-bond donors (Lipinski definition) is 1. The van der Waals surface area contributed by atoms with Crippen LogP contribution < -0.4 is 10.6 Å².